The Balaban J connectivity index is 0.931. The van der Waals surface area contributed by atoms with Crippen LogP contribution in [0.25, 0.3) is 63.6 Å². The second-order valence-electron chi connectivity index (χ2n) is 17.0. The van der Waals surface area contributed by atoms with Crippen molar-refractivity contribution in [2.45, 2.75) is 50.9 Å². The van der Waals surface area contributed by atoms with Gasteiger partial charge in [-0.15, -0.1) is 11.3 Å². The average molecular weight is 735 g/mol. The molecular formula is C55H42S. The van der Waals surface area contributed by atoms with E-state index in [2.05, 4.69) is 172 Å². The van der Waals surface area contributed by atoms with Crippen molar-refractivity contribution in [2.75, 3.05) is 0 Å². The Morgan fingerprint density at radius 1 is 0.554 bits per heavy atom. The molecule has 0 fully saturated rings. The Morgan fingerprint density at radius 2 is 1.21 bits per heavy atom. The lowest BCUT2D eigenvalue weighted by molar-refractivity contribution is 0.607. The van der Waals surface area contributed by atoms with Crippen LogP contribution in [0.4, 0.5) is 0 Å². The second kappa shape index (κ2) is 12.1. The van der Waals surface area contributed by atoms with Crippen molar-refractivity contribution >= 4 is 75.0 Å². The largest absolute Gasteiger partial charge is 0.135 e. The van der Waals surface area contributed by atoms with Crippen LogP contribution in [-0.2, 0) is 5.41 Å². The van der Waals surface area contributed by atoms with Crippen molar-refractivity contribution < 1.29 is 0 Å². The standard InChI is InChI=1S/C55H42S/c1-55(2)49-28-26-37(30-47(49)48-32-46-38(31-50(48)55)25-27-45-40-13-9-10-18-51(40)56-54(45)46)34-19-22-35(23-20-34)52-41-14-5-7-16-43(41)53(44-17-8-6-15-42(44)52)39-24-21-33-11-3-4-12-36(33)29-39/h3-19,21-22,24-28,31-32,36,47H,20,23,29-30H2,1-2H3. The molecule has 7 aromatic rings. The SMILES string of the molecule is CC1(C)C2=CC=C(C3=CC=C(c4c5ccccc5c(C5=CC=C6C=CC=CC6C5)c5ccccc45)CC3)CC2c2cc3c(ccc4c5ccccc5sc34)cc21. The maximum Gasteiger partial charge on any atom is 0.0433 e. The Bertz CT molecular complexity index is 3100. The lowest BCUT2D eigenvalue weighted by Crippen LogP contribution is -2.18. The normalized spacial score (nSPS) is 21.0. The molecule has 2 unspecified atom stereocenters. The van der Waals surface area contributed by atoms with Crippen LogP contribution in [0.5, 0.6) is 0 Å². The minimum Gasteiger partial charge on any atom is -0.135 e. The van der Waals surface area contributed by atoms with Gasteiger partial charge in [0.25, 0.3) is 0 Å². The summed E-state index contributed by atoms with van der Waals surface area (Å²) in [5.74, 6) is 0.864. The molecule has 0 bridgehead atoms. The quantitative estimate of drug-likeness (QED) is 0.159. The van der Waals surface area contributed by atoms with Gasteiger partial charge in [-0.2, -0.15) is 0 Å². The molecule has 0 spiro atoms. The van der Waals surface area contributed by atoms with Gasteiger partial charge in [-0.05, 0) is 126 Å². The second-order valence-corrected chi connectivity index (χ2v) is 18.1. The zero-order valence-electron chi connectivity index (χ0n) is 31.9. The van der Waals surface area contributed by atoms with Crippen molar-refractivity contribution in [1.82, 2.24) is 0 Å². The summed E-state index contributed by atoms with van der Waals surface area (Å²) in [5, 5.41) is 11.0. The summed E-state index contributed by atoms with van der Waals surface area (Å²) in [7, 11) is 0. The van der Waals surface area contributed by atoms with Crippen LogP contribution in [0.2, 0.25) is 0 Å². The van der Waals surface area contributed by atoms with Crippen LogP contribution in [0.3, 0.4) is 0 Å². The van der Waals surface area contributed by atoms with E-state index in [-0.39, 0.29) is 5.41 Å². The molecule has 5 aliphatic carbocycles. The molecule has 268 valence electrons. The molecule has 0 N–H and O–H groups in total. The highest BCUT2D eigenvalue weighted by molar-refractivity contribution is 7.26. The van der Waals surface area contributed by atoms with E-state index < -0.39 is 0 Å². The first kappa shape index (κ1) is 32.5. The fraction of sp³-hybridized carbons (Fsp3) is 0.164. The van der Waals surface area contributed by atoms with E-state index in [1.54, 1.807) is 5.57 Å². The zero-order valence-corrected chi connectivity index (χ0v) is 32.7. The summed E-state index contributed by atoms with van der Waals surface area (Å²) in [6.45, 7) is 4.89. The molecule has 0 saturated heterocycles. The molecule has 5 aliphatic rings. The summed E-state index contributed by atoms with van der Waals surface area (Å²) >= 11 is 1.95. The minimum absolute atomic E-state index is 0.0179. The number of allylic oxidation sites excluding steroid dienone is 16. The first-order valence-electron chi connectivity index (χ1n) is 20.4. The number of hydrogen-bond donors (Lipinski definition) is 0. The van der Waals surface area contributed by atoms with Crippen LogP contribution >= 0.6 is 11.3 Å². The summed E-state index contributed by atoms with van der Waals surface area (Å²) in [5.41, 5.74) is 14.7. The van der Waals surface area contributed by atoms with Crippen LogP contribution in [0.1, 0.15) is 67.7 Å². The fourth-order valence-electron chi connectivity index (χ4n) is 11.0. The average Bonchev–Trinajstić information content (AvgIpc) is 3.73. The molecule has 0 radical (unpaired) electrons. The smallest absolute Gasteiger partial charge is 0.0433 e. The van der Waals surface area contributed by atoms with Gasteiger partial charge in [0.1, 0.15) is 0 Å². The Hall–Kier alpha value is -5.76. The molecule has 2 atom stereocenters. The summed E-state index contributed by atoms with van der Waals surface area (Å²) in [6.07, 6.45) is 27.8. The van der Waals surface area contributed by atoms with Crippen LogP contribution < -0.4 is 0 Å². The van der Waals surface area contributed by atoms with Gasteiger partial charge in [-0.1, -0.05) is 159 Å². The number of thiophene rings is 1. The highest BCUT2D eigenvalue weighted by atomic mass is 32.1. The number of rotatable bonds is 3. The van der Waals surface area contributed by atoms with Crippen molar-refractivity contribution in [1.29, 1.82) is 0 Å². The van der Waals surface area contributed by atoms with Crippen LogP contribution in [0, 0.1) is 5.92 Å². The van der Waals surface area contributed by atoms with Gasteiger partial charge in [-0.25, -0.2) is 0 Å². The van der Waals surface area contributed by atoms with Gasteiger partial charge in [0, 0.05) is 37.4 Å². The zero-order chi connectivity index (χ0) is 37.1. The molecule has 6 aromatic carbocycles. The molecule has 0 aliphatic heterocycles. The van der Waals surface area contributed by atoms with Crippen LogP contribution in [0.15, 0.2) is 180 Å². The minimum atomic E-state index is 0.0179. The molecule has 0 amide bonds. The Kier molecular flexibility index (Phi) is 7.03. The Labute approximate surface area is 332 Å². The highest BCUT2D eigenvalue weighted by Gasteiger charge is 2.43. The molecule has 0 saturated carbocycles. The maximum atomic E-state index is 2.58. The highest BCUT2D eigenvalue weighted by Crippen LogP contribution is 2.56. The Morgan fingerprint density at radius 3 is 1.96 bits per heavy atom. The third kappa shape index (κ3) is 4.71. The molecule has 1 heteroatoms. The van der Waals surface area contributed by atoms with E-state index in [1.165, 1.54) is 103 Å². The van der Waals surface area contributed by atoms with E-state index >= 15 is 0 Å². The van der Waals surface area contributed by atoms with Crippen molar-refractivity contribution in [3.8, 4) is 0 Å². The molecule has 1 heterocycles. The van der Waals surface area contributed by atoms with Gasteiger partial charge >= 0.3 is 0 Å². The molecular weight excluding hydrogens is 693 g/mol. The van der Waals surface area contributed by atoms with Gasteiger partial charge in [-0.3, -0.25) is 0 Å². The van der Waals surface area contributed by atoms with Crippen molar-refractivity contribution in [3.05, 3.63) is 202 Å². The van der Waals surface area contributed by atoms with E-state index in [0.29, 0.717) is 11.8 Å². The first-order chi connectivity index (χ1) is 27.5. The van der Waals surface area contributed by atoms with Gasteiger partial charge < -0.3 is 0 Å². The molecule has 12 rings (SSSR count). The topological polar surface area (TPSA) is 0 Å². The number of fused-ring (bicyclic) bond motifs is 11. The predicted molar refractivity (Wildman–Crippen MR) is 243 cm³/mol. The van der Waals surface area contributed by atoms with Gasteiger partial charge in [0.15, 0.2) is 0 Å². The van der Waals surface area contributed by atoms with E-state index in [1.807, 2.05) is 11.3 Å². The van der Waals surface area contributed by atoms with Crippen molar-refractivity contribution in [2.24, 2.45) is 5.92 Å². The van der Waals surface area contributed by atoms with Crippen LogP contribution in [-0.4, -0.2) is 0 Å². The van der Waals surface area contributed by atoms with E-state index in [4.69, 9.17) is 0 Å². The first-order valence-corrected chi connectivity index (χ1v) is 21.2. The number of hydrogen-bond acceptors (Lipinski definition) is 1. The molecule has 0 nitrogen and oxygen atoms in total. The van der Waals surface area contributed by atoms with E-state index in [0.717, 1.165) is 25.7 Å². The number of benzene rings is 6. The van der Waals surface area contributed by atoms with Gasteiger partial charge in [0.2, 0.25) is 0 Å². The molecule has 1 aromatic heterocycles. The third-order valence-corrected chi connectivity index (χ3v) is 15.0. The van der Waals surface area contributed by atoms with Crippen molar-refractivity contribution in [3.63, 3.8) is 0 Å². The lowest BCUT2D eigenvalue weighted by Gasteiger charge is -2.29. The maximum absolute atomic E-state index is 2.58. The summed E-state index contributed by atoms with van der Waals surface area (Å²) < 4.78 is 2.80. The lowest BCUT2D eigenvalue weighted by atomic mass is 9.75. The van der Waals surface area contributed by atoms with E-state index in [9.17, 15) is 0 Å². The third-order valence-electron chi connectivity index (χ3n) is 13.8. The fourth-order valence-corrected chi connectivity index (χ4v) is 12.2. The molecule has 56 heavy (non-hydrogen) atoms. The van der Waals surface area contributed by atoms with Gasteiger partial charge in [0.05, 0.1) is 0 Å². The summed E-state index contributed by atoms with van der Waals surface area (Å²) in [6, 6.07) is 37.0. The monoisotopic (exact) mass is 734 g/mol. The summed E-state index contributed by atoms with van der Waals surface area (Å²) in [4.78, 5) is 0. The predicted octanol–water partition coefficient (Wildman–Crippen LogP) is 15.4.